The second-order valence-corrected chi connectivity index (χ2v) is 6.16. The van der Waals surface area contributed by atoms with Gasteiger partial charge in [0.15, 0.2) is 0 Å². The minimum absolute atomic E-state index is 0.0314. The van der Waals surface area contributed by atoms with Crippen LogP contribution in [0.2, 0.25) is 0 Å². The predicted molar refractivity (Wildman–Crippen MR) is 102 cm³/mol. The van der Waals surface area contributed by atoms with Crippen molar-refractivity contribution < 1.29 is 28.6 Å². The number of carbonyl (C=O) groups excluding carboxylic acids is 2. The van der Waals surface area contributed by atoms with Gasteiger partial charge in [-0.15, -0.1) is 0 Å². The van der Waals surface area contributed by atoms with Crippen molar-refractivity contribution in [3.05, 3.63) is 89.0 Å². The zero-order valence-electron chi connectivity index (χ0n) is 14.9. The molecule has 0 atom stereocenters. The number of aromatic hydroxyl groups is 2. The zero-order valence-corrected chi connectivity index (χ0v) is 14.9. The van der Waals surface area contributed by atoms with Crippen LogP contribution >= 0.6 is 0 Å². The summed E-state index contributed by atoms with van der Waals surface area (Å²) in [6.07, 6.45) is 0. The van der Waals surface area contributed by atoms with Gasteiger partial charge in [-0.25, -0.2) is 8.78 Å². The fourth-order valence-electron chi connectivity index (χ4n) is 2.62. The molecular weight excluding hydrogens is 382 g/mol. The van der Waals surface area contributed by atoms with Crippen molar-refractivity contribution in [2.24, 2.45) is 0 Å². The lowest BCUT2D eigenvalue weighted by Crippen LogP contribution is -2.23. The molecule has 0 heterocycles. The number of hydrogen-bond acceptors (Lipinski definition) is 4. The van der Waals surface area contributed by atoms with Gasteiger partial charge in [0.2, 0.25) is 0 Å². The average Bonchev–Trinajstić information content (AvgIpc) is 2.66. The molecule has 6 nitrogen and oxygen atoms in total. The predicted octanol–water partition coefficient (Wildman–Crippen LogP) is 3.56. The van der Waals surface area contributed by atoms with Gasteiger partial charge in [-0.05, 0) is 30.3 Å². The number of amides is 2. The summed E-state index contributed by atoms with van der Waals surface area (Å²) >= 11 is 0. The third-order valence-electron chi connectivity index (χ3n) is 4.06. The molecular formula is C21H16F2N2O4. The highest BCUT2D eigenvalue weighted by Gasteiger charge is 2.14. The first-order valence-corrected chi connectivity index (χ1v) is 8.49. The van der Waals surface area contributed by atoms with Gasteiger partial charge in [-0.2, -0.15) is 0 Å². The Morgan fingerprint density at radius 1 is 0.828 bits per heavy atom. The maximum Gasteiger partial charge on any atom is 0.255 e. The van der Waals surface area contributed by atoms with E-state index in [0.29, 0.717) is 11.6 Å². The second kappa shape index (κ2) is 8.39. The van der Waals surface area contributed by atoms with Crippen LogP contribution in [0.3, 0.4) is 0 Å². The summed E-state index contributed by atoms with van der Waals surface area (Å²) in [5, 5.41) is 24.8. The van der Waals surface area contributed by atoms with Crippen LogP contribution in [0.25, 0.3) is 0 Å². The van der Waals surface area contributed by atoms with Gasteiger partial charge in [-0.1, -0.05) is 18.2 Å². The quantitative estimate of drug-likeness (QED) is 0.528. The van der Waals surface area contributed by atoms with E-state index in [1.165, 1.54) is 18.2 Å². The van der Waals surface area contributed by atoms with Crippen molar-refractivity contribution >= 4 is 17.5 Å². The molecule has 4 N–H and O–H groups in total. The number of rotatable bonds is 5. The van der Waals surface area contributed by atoms with Gasteiger partial charge in [0.1, 0.15) is 23.1 Å². The van der Waals surface area contributed by atoms with Gasteiger partial charge in [0, 0.05) is 35.5 Å². The maximum absolute atomic E-state index is 13.2. The van der Waals surface area contributed by atoms with Crippen LogP contribution in [-0.4, -0.2) is 22.0 Å². The highest BCUT2D eigenvalue weighted by atomic mass is 19.1. The molecule has 3 rings (SSSR count). The molecule has 0 radical (unpaired) electrons. The summed E-state index contributed by atoms with van der Waals surface area (Å²) in [6, 6.07) is 12.7. The molecule has 0 bridgehead atoms. The number of halogens is 2. The molecule has 0 saturated carbocycles. The van der Waals surface area contributed by atoms with Crippen LogP contribution in [0.4, 0.5) is 14.5 Å². The van der Waals surface area contributed by atoms with E-state index < -0.39 is 29.2 Å². The van der Waals surface area contributed by atoms with Gasteiger partial charge >= 0.3 is 0 Å². The number of carbonyl (C=O) groups is 2. The van der Waals surface area contributed by atoms with Gasteiger partial charge in [0.25, 0.3) is 11.8 Å². The first kappa shape index (κ1) is 19.8. The van der Waals surface area contributed by atoms with Crippen LogP contribution in [0.15, 0.2) is 60.7 Å². The van der Waals surface area contributed by atoms with E-state index in [-0.39, 0.29) is 29.1 Å². The van der Waals surface area contributed by atoms with Crippen LogP contribution in [0.5, 0.6) is 11.5 Å². The van der Waals surface area contributed by atoms with Crippen molar-refractivity contribution in [3.8, 4) is 11.5 Å². The molecule has 0 aromatic heterocycles. The number of phenolic OH excluding ortho intramolecular Hbond substituents is 2. The second-order valence-electron chi connectivity index (χ2n) is 6.16. The lowest BCUT2D eigenvalue weighted by atomic mass is 10.1. The number of para-hydroxylation sites is 1. The van der Waals surface area contributed by atoms with Crippen molar-refractivity contribution in [2.45, 2.75) is 6.54 Å². The first-order chi connectivity index (χ1) is 13.8. The van der Waals surface area contributed by atoms with Gasteiger partial charge < -0.3 is 20.8 Å². The number of hydrogen-bond donors (Lipinski definition) is 4. The van der Waals surface area contributed by atoms with Crippen molar-refractivity contribution in [1.82, 2.24) is 5.32 Å². The Morgan fingerprint density at radius 2 is 1.52 bits per heavy atom. The molecule has 148 valence electrons. The average molecular weight is 398 g/mol. The van der Waals surface area contributed by atoms with E-state index >= 15 is 0 Å². The smallest absolute Gasteiger partial charge is 0.255 e. The minimum atomic E-state index is -0.894. The van der Waals surface area contributed by atoms with Crippen LogP contribution < -0.4 is 10.6 Å². The summed E-state index contributed by atoms with van der Waals surface area (Å²) in [4.78, 5) is 24.4. The lowest BCUT2D eigenvalue weighted by molar-refractivity contribution is 0.0947. The monoisotopic (exact) mass is 398 g/mol. The molecule has 0 unspecified atom stereocenters. The summed E-state index contributed by atoms with van der Waals surface area (Å²) in [5.74, 6) is -3.52. The van der Waals surface area contributed by atoms with Gasteiger partial charge in [-0.3, -0.25) is 9.59 Å². The highest BCUT2D eigenvalue weighted by molar-refractivity contribution is 6.05. The first-order valence-electron chi connectivity index (χ1n) is 8.49. The normalized spacial score (nSPS) is 10.4. The summed E-state index contributed by atoms with van der Waals surface area (Å²) in [7, 11) is 0. The largest absolute Gasteiger partial charge is 0.508 e. The highest BCUT2D eigenvalue weighted by Crippen LogP contribution is 2.23. The Labute approximate surface area is 164 Å². The van der Waals surface area contributed by atoms with E-state index in [2.05, 4.69) is 10.6 Å². The van der Waals surface area contributed by atoms with E-state index in [9.17, 15) is 28.6 Å². The van der Waals surface area contributed by atoms with Crippen molar-refractivity contribution in [2.75, 3.05) is 5.32 Å². The molecule has 2 amide bonds. The molecule has 3 aromatic rings. The third kappa shape index (κ3) is 4.86. The molecule has 8 heteroatoms. The SMILES string of the molecule is O=C(Nc1ccc(C(=O)NCc2ccccc2O)c(O)c1)c1cc(F)cc(F)c1. The zero-order chi connectivity index (χ0) is 21.0. The van der Waals surface area contributed by atoms with Crippen LogP contribution in [0.1, 0.15) is 26.3 Å². The van der Waals surface area contributed by atoms with Crippen molar-refractivity contribution in [3.63, 3.8) is 0 Å². The lowest BCUT2D eigenvalue weighted by Gasteiger charge is -2.10. The Bertz CT molecular complexity index is 1070. The maximum atomic E-state index is 13.2. The van der Waals surface area contributed by atoms with E-state index in [1.54, 1.807) is 18.2 Å². The number of nitrogens with one attached hydrogen (secondary N) is 2. The van der Waals surface area contributed by atoms with Gasteiger partial charge in [0.05, 0.1) is 5.56 Å². The Hall–Kier alpha value is -3.94. The summed E-state index contributed by atoms with van der Waals surface area (Å²) < 4.78 is 26.5. The molecule has 0 aliphatic rings. The fourth-order valence-corrected chi connectivity index (χ4v) is 2.62. The van der Waals surface area contributed by atoms with Crippen LogP contribution in [0, 0.1) is 11.6 Å². The number of anilines is 1. The number of benzene rings is 3. The topological polar surface area (TPSA) is 98.7 Å². The fraction of sp³-hybridized carbons (Fsp3) is 0.0476. The Balaban J connectivity index is 1.68. The Morgan fingerprint density at radius 3 is 2.17 bits per heavy atom. The standard InChI is InChI=1S/C21H16F2N2O4/c22-14-7-13(8-15(23)9-14)20(28)25-16-5-6-17(19(27)10-16)21(29)24-11-12-3-1-2-4-18(12)26/h1-10,26-27H,11H2,(H,24,29)(H,25,28). The molecule has 0 saturated heterocycles. The number of phenols is 2. The molecule has 0 fully saturated rings. The molecule has 0 aliphatic heterocycles. The van der Waals surface area contributed by atoms with Crippen LogP contribution in [-0.2, 0) is 6.54 Å². The summed E-state index contributed by atoms with van der Waals surface area (Å²) in [5.41, 5.74) is 0.364. The minimum Gasteiger partial charge on any atom is -0.508 e. The Kier molecular flexibility index (Phi) is 5.73. The molecule has 0 spiro atoms. The third-order valence-corrected chi connectivity index (χ3v) is 4.06. The summed E-state index contributed by atoms with van der Waals surface area (Å²) in [6.45, 7) is 0.0502. The van der Waals surface area contributed by atoms with E-state index in [1.807, 2.05) is 0 Å². The van der Waals surface area contributed by atoms with E-state index in [0.717, 1.165) is 18.2 Å². The molecule has 29 heavy (non-hydrogen) atoms. The van der Waals surface area contributed by atoms with E-state index in [4.69, 9.17) is 0 Å². The van der Waals surface area contributed by atoms with Crippen molar-refractivity contribution in [1.29, 1.82) is 0 Å². The molecule has 0 aliphatic carbocycles. The molecule has 3 aromatic carbocycles.